The third-order valence-electron chi connectivity index (χ3n) is 12.1. The number of hydrogen-bond acceptors (Lipinski definition) is 24. The van der Waals surface area contributed by atoms with Gasteiger partial charge in [-0.1, -0.05) is 70.1 Å². The van der Waals surface area contributed by atoms with Crippen LogP contribution >= 0.6 is 0 Å². The molecular formula is C49H71NO24S. The lowest BCUT2D eigenvalue weighted by Gasteiger charge is -2.52. The van der Waals surface area contributed by atoms with Gasteiger partial charge in [-0.2, -0.15) is 8.42 Å². The first-order valence-electron chi connectivity index (χ1n) is 24.8. The first kappa shape index (κ1) is 62.2. The second-order valence-electron chi connectivity index (χ2n) is 18.3. The first-order chi connectivity index (χ1) is 35.4. The Morgan fingerprint density at radius 3 is 1.61 bits per heavy atom. The van der Waals surface area contributed by atoms with Gasteiger partial charge in [-0.25, -0.2) is 8.98 Å². The van der Waals surface area contributed by atoms with E-state index in [-0.39, 0.29) is 18.7 Å². The summed E-state index contributed by atoms with van der Waals surface area (Å²) < 4.78 is 112. The van der Waals surface area contributed by atoms with Crippen molar-refractivity contribution in [3.8, 4) is 0 Å². The number of esters is 8. The van der Waals surface area contributed by atoms with Crippen molar-refractivity contribution in [1.29, 1.82) is 0 Å². The van der Waals surface area contributed by atoms with Gasteiger partial charge in [0.25, 0.3) is 0 Å². The Bertz CT molecular complexity index is 2190. The van der Waals surface area contributed by atoms with Crippen molar-refractivity contribution in [1.82, 2.24) is 4.90 Å². The molecule has 2 unspecified atom stereocenters. The van der Waals surface area contributed by atoms with E-state index < -0.39 is 157 Å². The van der Waals surface area contributed by atoms with Gasteiger partial charge < -0.3 is 56.8 Å². The fourth-order valence-corrected chi connectivity index (χ4v) is 9.55. The molecule has 0 bridgehead atoms. The van der Waals surface area contributed by atoms with Gasteiger partial charge >= 0.3 is 58.2 Å². The maximum atomic E-state index is 14.0. The lowest BCUT2D eigenvalue weighted by atomic mass is 9.91. The van der Waals surface area contributed by atoms with Crippen molar-refractivity contribution in [2.75, 3.05) is 26.3 Å². The van der Waals surface area contributed by atoms with Gasteiger partial charge in [0, 0.05) is 55.0 Å². The van der Waals surface area contributed by atoms with Gasteiger partial charge in [0.15, 0.2) is 49.2 Å². The van der Waals surface area contributed by atoms with E-state index in [0.717, 1.165) is 93.4 Å². The van der Waals surface area contributed by atoms with Crippen molar-refractivity contribution < 1.29 is 112 Å². The molecule has 3 aliphatic heterocycles. The maximum Gasteiger partial charge on any atom is 0.397 e. The molecule has 4 rings (SSSR count). The van der Waals surface area contributed by atoms with Gasteiger partial charge in [-0.05, 0) is 32.0 Å². The van der Waals surface area contributed by atoms with E-state index >= 15 is 0 Å². The van der Waals surface area contributed by atoms with Crippen LogP contribution in [0, 0.1) is 0 Å². The molecule has 0 amide bonds. The van der Waals surface area contributed by atoms with Crippen LogP contribution in [0.5, 0.6) is 0 Å². The monoisotopic (exact) mass is 1090 g/mol. The number of piperidine rings is 1. The fourth-order valence-electron chi connectivity index (χ4n) is 9.05. The predicted molar refractivity (Wildman–Crippen MR) is 254 cm³/mol. The Morgan fingerprint density at radius 1 is 0.560 bits per heavy atom. The molecule has 3 aliphatic rings. The average Bonchev–Trinajstić information content (AvgIpc) is 3.30. The Hall–Kier alpha value is -5.35. The number of likely N-dealkylation sites (tertiary alicyclic amines) is 1. The minimum atomic E-state index is -5.57. The highest BCUT2D eigenvalue weighted by Gasteiger charge is 2.59. The topological polar surface area (TPSA) is 314 Å². The number of nitrogens with zero attached hydrogens (tertiary/aromatic N) is 1. The Labute approximate surface area is 435 Å². The molecule has 0 aliphatic carbocycles. The second kappa shape index (κ2) is 29.8. The summed E-state index contributed by atoms with van der Waals surface area (Å²) in [6.45, 7) is 9.75. The van der Waals surface area contributed by atoms with E-state index in [2.05, 4.69) is 6.92 Å². The highest BCUT2D eigenvalue weighted by molar-refractivity contribution is 7.80. The summed E-state index contributed by atoms with van der Waals surface area (Å²) >= 11 is 0. The number of benzene rings is 1. The van der Waals surface area contributed by atoms with Crippen molar-refractivity contribution in [3.63, 3.8) is 0 Å². The lowest BCUT2D eigenvalue weighted by molar-refractivity contribution is -0.354. The van der Waals surface area contributed by atoms with Crippen LogP contribution in [0.1, 0.15) is 124 Å². The molecule has 3 heterocycles. The van der Waals surface area contributed by atoms with E-state index in [1.807, 2.05) is 0 Å². The van der Waals surface area contributed by atoms with Crippen LogP contribution in [0.4, 0.5) is 0 Å². The van der Waals surface area contributed by atoms with Gasteiger partial charge in [0.1, 0.15) is 37.6 Å². The number of unbranched alkanes of at least 4 members (excludes halogenated alkanes) is 7. The van der Waals surface area contributed by atoms with E-state index in [1.165, 1.54) is 31.2 Å². The summed E-state index contributed by atoms with van der Waals surface area (Å²) in [5.41, 5.74) is -0.0968. The van der Waals surface area contributed by atoms with Crippen LogP contribution in [0.2, 0.25) is 0 Å². The molecule has 422 valence electrons. The summed E-state index contributed by atoms with van der Waals surface area (Å²) in [5, 5.41) is 0. The number of hydrogen-bond donors (Lipinski definition) is 1. The minimum Gasteiger partial charge on any atom is -0.464 e. The molecule has 0 saturated carbocycles. The standard InChI is InChI=1S/C49H71NO24S/c1-10-11-12-13-14-15-16-20-23-50-24-37(65-30(5)53)41(73-48-45(69-34(9)57)43(68-33(8)56)39(27(2)64-48)66-31(6)54)40(36(50)25-62-28(3)51)72-49-46(71-47(58)35-21-18-17-19-22-35)44(74-75(59,60)61)42(67-32(7)55)38(70-49)26-63-29(4)52/h17-19,21-22,27,36-46,48-49H,10-16,20,23-26H2,1-9H3,(H,59,60,61)/t27-,36+,37-,38+,39?,40+,41+,42-,43?,44-,45-,46+,48-,49-/m0/s1. The lowest BCUT2D eigenvalue weighted by Crippen LogP contribution is -2.70. The molecule has 0 radical (unpaired) electrons. The SMILES string of the molecule is CCCCCCCCCCN1C[C@H](OC(C)=O)[C@@H](O[C@@H]2O[C@@H](C)C(OC(C)=O)C(OC(C)=O)[C@@H]2OC(C)=O)[C@H](O[C@@H]2O[C@H](COC(C)=O)[C@H](OC(C)=O)[C@H](OS(=O)(=O)O)[C@H]2OC(=O)c2ccccc2)[C@H]1COC(C)=O. The molecule has 0 aromatic heterocycles. The van der Waals surface area contributed by atoms with Gasteiger partial charge in [-0.15, -0.1) is 0 Å². The summed E-state index contributed by atoms with van der Waals surface area (Å²) in [4.78, 5) is 104. The maximum absolute atomic E-state index is 14.0. The van der Waals surface area contributed by atoms with E-state index in [0.29, 0.717) is 6.42 Å². The molecule has 25 nitrogen and oxygen atoms in total. The number of carbonyl (C=O) groups is 8. The first-order valence-corrected chi connectivity index (χ1v) is 26.2. The molecule has 1 aromatic rings. The van der Waals surface area contributed by atoms with Crippen LogP contribution in [-0.2, 0) is 105 Å². The van der Waals surface area contributed by atoms with Crippen LogP contribution in [0.15, 0.2) is 30.3 Å². The molecule has 3 fully saturated rings. The third kappa shape index (κ3) is 19.9. The van der Waals surface area contributed by atoms with Crippen molar-refractivity contribution in [2.45, 2.75) is 199 Å². The smallest absolute Gasteiger partial charge is 0.397 e. The minimum absolute atomic E-state index is 0.0968. The number of carbonyl (C=O) groups excluding carboxylic acids is 8. The van der Waals surface area contributed by atoms with E-state index in [9.17, 15) is 51.3 Å². The normalized spacial score (nSPS) is 28.9. The van der Waals surface area contributed by atoms with Crippen molar-refractivity contribution in [3.05, 3.63) is 35.9 Å². The highest BCUT2D eigenvalue weighted by Crippen LogP contribution is 2.38. The Kier molecular flexibility index (Phi) is 24.7. The zero-order valence-corrected chi connectivity index (χ0v) is 44.5. The van der Waals surface area contributed by atoms with Crippen LogP contribution in [0.3, 0.4) is 0 Å². The molecule has 75 heavy (non-hydrogen) atoms. The molecule has 26 heteroatoms. The molecular weight excluding hydrogens is 1020 g/mol. The molecule has 1 aromatic carbocycles. The van der Waals surface area contributed by atoms with Crippen LogP contribution in [0.25, 0.3) is 0 Å². The van der Waals surface area contributed by atoms with E-state index in [1.54, 1.807) is 11.0 Å². The molecule has 3 saturated heterocycles. The van der Waals surface area contributed by atoms with Gasteiger partial charge in [-0.3, -0.25) is 43.0 Å². The van der Waals surface area contributed by atoms with Gasteiger partial charge in [0.2, 0.25) is 0 Å². The van der Waals surface area contributed by atoms with Crippen LogP contribution in [-0.4, -0.2) is 178 Å². The summed E-state index contributed by atoms with van der Waals surface area (Å²) in [5.74, 6) is -7.31. The zero-order valence-electron chi connectivity index (χ0n) is 43.6. The predicted octanol–water partition coefficient (Wildman–Crippen LogP) is 3.25. The van der Waals surface area contributed by atoms with Crippen molar-refractivity contribution in [2.24, 2.45) is 0 Å². The fraction of sp³-hybridized carbons (Fsp3) is 0.714. The largest absolute Gasteiger partial charge is 0.464 e. The summed E-state index contributed by atoms with van der Waals surface area (Å²) in [6.07, 6.45) is -15.3. The Morgan fingerprint density at radius 2 is 1.05 bits per heavy atom. The average molecular weight is 1090 g/mol. The van der Waals surface area contributed by atoms with Crippen molar-refractivity contribution >= 4 is 58.2 Å². The van der Waals surface area contributed by atoms with Crippen LogP contribution < -0.4 is 0 Å². The summed E-state index contributed by atoms with van der Waals surface area (Å²) in [6, 6.07) is 6.09. The molecule has 0 spiro atoms. The van der Waals surface area contributed by atoms with E-state index in [4.69, 9.17) is 61.0 Å². The number of ether oxygens (including phenoxy) is 12. The third-order valence-corrected chi connectivity index (χ3v) is 12.5. The quantitative estimate of drug-likeness (QED) is 0.0602. The molecule has 1 N–H and O–H groups in total. The Balaban J connectivity index is 2.00. The number of rotatable bonds is 26. The zero-order chi connectivity index (χ0) is 55.6. The summed E-state index contributed by atoms with van der Waals surface area (Å²) in [7, 11) is -5.57. The highest BCUT2D eigenvalue weighted by atomic mass is 32.3. The molecule has 14 atom stereocenters. The van der Waals surface area contributed by atoms with Gasteiger partial charge in [0.05, 0.1) is 17.7 Å². The second-order valence-corrected chi connectivity index (χ2v) is 19.3.